The summed E-state index contributed by atoms with van der Waals surface area (Å²) in [5.74, 6) is 0.731. The first kappa shape index (κ1) is 19.5. The Morgan fingerprint density at radius 3 is 2.14 bits per heavy atom. The second-order valence-electron chi connectivity index (χ2n) is 7.58. The van der Waals surface area contributed by atoms with Crippen LogP contribution in [0, 0.1) is 0 Å². The number of methoxy groups -OCH3 is 2. The molecule has 3 atom stereocenters. The number of benzene rings is 2. The van der Waals surface area contributed by atoms with Crippen LogP contribution >= 0.6 is 0 Å². The zero-order valence-electron chi connectivity index (χ0n) is 16.8. The van der Waals surface area contributed by atoms with Gasteiger partial charge in [-0.05, 0) is 36.1 Å². The first-order valence-electron chi connectivity index (χ1n) is 9.93. The van der Waals surface area contributed by atoms with E-state index in [1.807, 2.05) is 54.6 Å². The number of piperazine rings is 1. The minimum absolute atomic E-state index is 0.000833. The number of carbonyl (C=O) groups excluding carboxylic acids is 2. The quantitative estimate of drug-likeness (QED) is 0.756. The number of carbonyl (C=O) groups is 2. The van der Waals surface area contributed by atoms with Gasteiger partial charge in [0.1, 0.15) is 17.8 Å². The third kappa shape index (κ3) is 3.72. The Balaban J connectivity index is 1.62. The number of hydrogen-bond donors (Lipinski definition) is 0. The van der Waals surface area contributed by atoms with Gasteiger partial charge in [-0.15, -0.1) is 0 Å². The van der Waals surface area contributed by atoms with Gasteiger partial charge >= 0.3 is 0 Å². The molecule has 2 aromatic carbocycles. The molecule has 152 valence electrons. The zero-order valence-corrected chi connectivity index (χ0v) is 16.8. The van der Waals surface area contributed by atoms with E-state index in [9.17, 15) is 9.59 Å². The Kier molecular flexibility index (Phi) is 5.53. The number of rotatable bonds is 6. The van der Waals surface area contributed by atoms with E-state index in [1.165, 1.54) is 0 Å². The zero-order chi connectivity index (χ0) is 20.4. The highest BCUT2D eigenvalue weighted by molar-refractivity contribution is 5.98. The maximum atomic E-state index is 13.5. The van der Waals surface area contributed by atoms with Gasteiger partial charge < -0.3 is 19.3 Å². The summed E-state index contributed by atoms with van der Waals surface area (Å²) in [6.07, 6.45) is 1.01. The smallest absolute Gasteiger partial charge is 0.249 e. The lowest BCUT2D eigenvalue weighted by Crippen LogP contribution is -2.64. The molecule has 0 aromatic heterocycles. The van der Waals surface area contributed by atoms with Crippen LogP contribution in [0.3, 0.4) is 0 Å². The Hall–Kier alpha value is -2.86. The Morgan fingerprint density at radius 1 is 0.828 bits per heavy atom. The van der Waals surface area contributed by atoms with Crippen LogP contribution in [0.5, 0.6) is 5.75 Å². The van der Waals surface area contributed by atoms with E-state index in [0.29, 0.717) is 25.9 Å². The standard InChI is InChI=1S/C23H26N2O4/c1-28-18-10-8-17(9-11-18)15-25-21-20(29-2)13-12-19(22(25)26)24(23(21)27)14-16-6-4-3-5-7-16/h3-11,19-21H,12-15H2,1-2H3/t19-,20+,21-/m0/s1. The Labute approximate surface area is 171 Å². The van der Waals surface area contributed by atoms with Crippen molar-refractivity contribution < 1.29 is 19.1 Å². The predicted octanol–water partition coefficient (Wildman–Crippen LogP) is 2.61. The van der Waals surface area contributed by atoms with Crippen molar-refractivity contribution in [2.24, 2.45) is 0 Å². The van der Waals surface area contributed by atoms with Gasteiger partial charge in [0.05, 0.1) is 13.2 Å². The maximum absolute atomic E-state index is 13.5. The van der Waals surface area contributed by atoms with Crippen LogP contribution in [-0.2, 0) is 27.4 Å². The van der Waals surface area contributed by atoms with Gasteiger partial charge in [-0.25, -0.2) is 0 Å². The number of nitrogens with zero attached hydrogens (tertiary/aromatic N) is 2. The first-order chi connectivity index (χ1) is 14.1. The maximum Gasteiger partial charge on any atom is 0.249 e. The lowest BCUT2D eigenvalue weighted by atomic mass is 10.0. The van der Waals surface area contributed by atoms with E-state index in [2.05, 4.69) is 0 Å². The largest absolute Gasteiger partial charge is 0.497 e. The van der Waals surface area contributed by atoms with E-state index < -0.39 is 12.1 Å². The molecule has 2 amide bonds. The van der Waals surface area contributed by atoms with Crippen molar-refractivity contribution in [2.75, 3.05) is 14.2 Å². The van der Waals surface area contributed by atoms with Crippen molar-refractivity contribution in [1.29, 1.82) is 0 Å². The van der Waals surface area contributed by atoms with Gasteiger partial charge in [-0.3, -0.25) is 9.59 Å². The molecule has 0 spiro atoms. The first-order valence-corrected chi connectivity index (χ1v) is 9.93. The second kappa shape index (κ2) is 8.25. The molecule has 0 N–H and O–H groups in total. The number of amides is 2. The van der Waals surface area contributed by atoms with Crippen LogP contribution in [0.25, 0.3) is 0 Å². The van der Waals surface area contributed by atoms with E-state index in [-0.39, 0.29) is 17.9 Å². The number of fused-ring (bicyclic) bond motifs is 4. The average Bonchev–Trinajstić information content (AvgIpc) is 2.97. The van der Waals surface area contributed by atoms with Crippen LogP contribution < -0.4 is 4.74 Å². The van der Waals surface area contributed by atoms with E-state index in [1.54, 1.807) is 24.0 Å². The molecule has 0 radical (unpaired) electrons. The minimum Gasteiger partial charge on any atom is -0.497 e. The lowest BCUT2D eigenvalue weighted by Gasteiger charge is -2.44. The highest BCUT2D eigenvalue weighted by atomic mass is 16.5. The van der Waals surface area contributed by atoms with Crippen LogP contribution in [0.4, 0.5) is 0 Å². The summed E-state index contributed by atoms with van der Waals surface area (Å²) < 4.78 is 10.9. The fourth-order valence-electron chi connectivity index (χ4n) is 4.36. The molecule has 6 heteroatoms. The third-order valence-electron chi connectivity index (χ3n) is 5.90. The van der Waals surface area contributed by atoms with Gasteiger partial charge in [-0.2, -0.15) is 0 Å². The molecule has 29 heavy (non-hydrogen) atoms. The molecule has 0 aliphatic carbocycles. The Bertz CT molecular complexity index is 868. The average molecular weight is 394 g/mol. The summed E-state index contributed by atoms with van der Waals surface area (Å²) in [4.78, 5) is 30.3. The molecule has 6 nitrogen and oxygen atoms in total. The van der Waals surface area contributed by atoms with Gasteiger partial charge in [0.2, 0.25) is 11.8 Å². The minimum atomic E-state index is -0.600. The molecule has 3 fully saturated rings. The lowest BCUT2D eigenvalue weighted by molar-refractivity contribution is -0.165. The summed E-state index contributed by atoms with van der Waals surface area (Å²) in [5, 5.41) is 0. The number of hydrogen-bond acceptors (Lipinski definition) is 4. The van der Waals surface area contributed by atoms with Crippen molar-refractivity contribution in [3.63, 3.8) is 0 Å². The van der Waals surface area contributed by atoms with Crippen LogP contribution in [0.1, 0.15) is 24.0 Å². The molecule has 3 aliphatic heterocycles. The second-order valence-corrected chi connectivity index (χ2v) is 7.58. The molecule has 0 saturated carbocycles. The summed E-state index contributed by atoms with van der Waals surface area (Å²) >= 11 is 0. The molecular weight excluding hydrogens is 368 g/mol. The van der Waals surface area contributed by atoms with Gasteiger partial charge in [0, 0.05) is 20.2 Å². The van der Waals surface area contributed by atoms with Crippen molar-refractivity contribution in [2.45, 2.75) is 44.1 Å². The number of ether oxygens (including phenoxy) is 2. The fraction of sp³-hybridized carbons (Fsp3) is 0.391. The third-order valence-corrected chi connectivity index (χ3v) is 5.90. The van der Waals surface area contributed by atoms with Crippen molar-refractivity contribution >= 4 is 11.8 Å². The monoisotopic (exact) mass is 394 g/mol. The summed E-state index contributed by atoms with van der Waals surface area (Å²) in [5.41, 5.74) is 1.99. The Morgan fingerprint density at radius 2 is 1.48 bits per heavy atom. The molecule has 3 saturated heterocycles. The SMILES string of the molecule is COc1ccc(CN2C(=O)[C@@H]3CC[C@@H](OC)[C@H]2C(=O)N3Cc2ccccc2)cc1. The molecule has 2 aromatic rings. The highest BCUT2D eigenvalue weighted by Crippen LogP contribution is 2.33. The van der Waals surface area contributed by atoms with Crippen molar-refractivity contribution in [3.05, 3.63) is 65.7 Å². The topological polar surface area (TPSA) is 59.1 Å². The van der Waals surface area contributed by atoms with E-state index >= 15 is 0 Å². The van der Waals surface area contributed by atoms with Crippen LogP contribution in [-0.4, -0.2) is 54.0 Å². The summed E-state index contributed by atoms with van der Waals surface area (Å²) in [6, 6.07) is 16.4. The van der Waals surface area contributed by atoms with Crippen LogP contribution in [0.15, 0.2) is 54.6 Å². The predicted molar refractivity (Wildman–Crippen MR) is 108 cm³/mol. The summed E-state index contributed by atoms with van der Waals surface area (Å²) in [6.45, 7) is 0.828. The van der Waals surface area contributed by atoms with E-state index in [0.717, 1.165) is 16.9 Å². The highest BCUT2D eigenvalue weighted by Gasteiger charge is 2.51. The molecule has 5 rings (SSSR count). The normalized spacial score (nSPS) is 24.0. The summed E-state index contributed by atoms with van der Waals surface area (Å²) in [7, 11) is 3.24. The van der Waals surface area contributed by atoms with Gasteiger partial charge in [0.25, 0.3) is 0 Å². The molecule has 3 aliphatic rings. The van der Waals surface area contributed by atoms with Crippen LogP contribution in [0.2, 0.25) is 0 Å². The van der Waals surface area contributed by atoms with Gasteiger partial charge in [-0.1, -0.05) is 42.5 Å². The molecule has 3 heterocycles. The molecule has 0 unspecified atom stereocenters. The molecular formula is C23H26N2O4. The van der Waals surface area contributed by atoms with E-state index in [4.69, 9.17) is 9.47 Å². The fourth-order valence-corrected chi connectivity index (χ4v) is 4.36. The van der Waals surface area contributed by atoms with Crippen molar-refractivity contribution in [1.82, 2.24) is 9.80 Å². The molecule has 2 bridgehead atoms. The van der Waals surface area contributed by atoms with Gasteiger partial charge in [0.15, 0.2) is 0 Å². The van der Waals surface area contributed by atoms with Crippen molar-refractivity contribution in [3.8, 4) is 5.75 Å².